The molecule has 2 N–H and O–H groups in total. The van der Waals surface area contributed by atoms with Gasteiger partial charge in [-0.3, -0.25) is 15.5 Å². The monoisotopic (exact) mass is 169 g/mol. The van der Waals surface area contributed by atoms with Crippen molar-refractivity contribution in [3.8, 4) is 0 Å². The van der Waals surface area contributed by atoms with Crippen molar-refractivity contribution in [1.82, 2.24) is 4.73 Å². The Hall–Kier alpha value is -1.85. The number of aromatic nitrogens is 1. The zero-order chi connectivity index (χ0) is 9.30. The molecule has 1 aromatic heterocycles. The van der Waals surface area contributed by atoms with Gasteiger partial charge in [0.05, 0.1) is 16.7 Å². The normalized spacial score (nSPS) is 9.75. The van der Waals surface area contributed by atoms with Crippen molar-refractivity contribution in [3.05, 3.63) is 33.4 Å². The quantitative estimate of drug-likeness (QED) is 0.362. The molecule has 0 atom stereocenters. The van der Waals surface area contributed by atoms with Gasteiger partial charge in [-0.15, -0.1) is 0 Å². The lowest BCUT2D eigenvalue weighted by atomic mass is 10.3. The van der Waals surface area contributed by atoms with Gasteiger partial charge < -0.3 is 5.21 Å². The summed E-state index contributed by atoms with van der Waals surface area (Å²) in [5.74, 6) is 0. The van der Waals surface area contributed by atoms with E-state index in [1.54, 1.807) is 0 Å². The summed E-state index contributed by atoms with van der Waals surface area (Å²) in [7, 11) is 0. The molecule has 0 unspecified atom stereocenters. The van der Waals surface area contributed by atoms with E-state index in [0.29, 0.717) is 4.73 Å². The van der Waals surface area contributed by atoms with Crippen molar-refractivity contribution >= 4 is 5.69 Å². The smallest absolute Gasteiger partial charge is 0.275 e. The van der Waals surface area contributed by atoms with Crippen LogP contribution in [0.5, 0.6) is 0 Å². The molecule has 6 nitrogen and oxygen atoms in total. The molecule has 64 valence electrons. The summed E-state index contributed by atoms with van der Waals surface area (Å²) in [5.41, 5.74) is -0.237. The van der Waals surface area contributed by atoms with Crippen molar-refractivity contribution < 1.29 is 10.1 Å². The maximum atomic E-state index is 10.2. The van der Waals surface area contributed by atoms with Crippen LogP contribution in [0.2, 0.25) is 0 Å². The zero-order valence-corrected chi connectivity index (χ0v) is 6.31. The number of nitrogens with zero attached hydrogens (tertiary/aromatic N) is 2. The summed E-state index contributed by atoms with van der Waals surface area (Å²) in [6, 6.07) is 2.17. The van der Waals surface area contributed by atoms with Gasteiger partial charge in [0, 0.05) is 6.07 Å². The number of nitrogens with one attached hydrogen (secondary N) is 1. The Morgan fingerprint density at radius 2 is 2.25 bits per heavy atom. The summed E-state index contributed by atoms with van der Waals surface area (Å²) >= 11 is 0. The molecule has 0 aliphatic rings. The molecule has 0 aromatic carbocycles. The number of aryl methyl sites for hydroxylation is 1. The minimum Gasteiger partial charge on any atom is -0.427 e. The van der Waals surface area contributed by atoms with E-state index in [1.807, 2.05) is 0 Å². The van der Waals surface area contributed by atoms with Crippen LogP contribution in [0.3, 0.4) is 0 Å². The minimum absolute atomic E-state index is 0.192. The van der Waals surface area contributed by atoms with Crippen LogP contribution >= 0.6 is 0 Å². The lowest BCUT2D eigenvalue weighted by Gasteiger charge is -2.00. The number of nitro groups is 1. The summed E-state index contributed by atoms with van der Waals surface area (Å²) in [6.07, 6.45) is 0. The van der Waals surface area contributed by atoms with Crippen molar-refractivity contribution in [2.75, 3.05) is 0 Å². The van der Waals surface area contributed by atoms with Gasteiger partial charge in [0.15, 0.2) is 5.49 Å². The lowest BCUT2D eigenvalue weighted by molar-refractivity contribution is -0.385. The topological polar surface area (TPSA) is 92.2 Å². The summed E-state index contributed by atoms with van der Waals surface area (Å²) in [6.45, 7) is 1.48. The first-order valence-corrected chi connectivity index (χ1v) is 3.14. The van der Waals surface area contributed by atoms with Crippen LogP contribution in [0.15, 0.2) is 12.1 Å². The molecular weight excluding hydrogens is 162 g/mol. The molecule has 6 heteroatoms. The van der Waals surface area contributed by atoms with Crippen LogP contribution in [-0.2, 0) is 0 Å². The van der Waals surface area contributed by atoms with Gasteiger partial charge in [0.1, 0.15) is 0 Å². The number of rotatable bonds is 1. The molecule has 0 aliphatic heterocycles. The average Bonchev–Trinajstić information content (AvgIpc) is 1.99. The predicted octanol–water partition coefficient (Wildman–Crippen LogP) is 0.421. The average molecular weight is 169 g/mol. The van der Waals surface area contributed by atoms with E-state index in [1.165, 1.54) is 13.0 Å². The van der Waals surface area contributed by atoms with Crippen molar-refractivity contribution in [2.45, 2.75) is 6.92 Å². The SMILES string of the molecule is Cc1cc([N+](=O)[O-])cc(=N)n1O. The highest BCUT2D eigenvalue weighted by Gasteiger charge is 2.07. The summed E-state index contributed by atoms with van der Waals surface area (Å²) in [4.78, 5) is 9.64. The third-order valence-corrected chi connectivity index (χ3v) is 1.41. The molecule has 1 rings (SSSR count). The van der Waals surface area contributed by atoms with E-state index in [-0.39, 0.29) is 16.9 Å². The number of hydrogen-bond donors (Lipinski definition) is 2. The highest BCUT2D eigenvalue weighted by atomic mass is 16.6. The van der Waals surface area contributed by atoms with Gasteiger partial charge in [0.2, 0.25) is 0 Å². The third kappa shape index (κ3) is 1.26. The second kappa shape index (κ2) is 2.65. The van der Waals surface area contributed by atoms with Gasteiger partial charge >= 0.3 is 0 Å². The largest absolute Gasteiger partial charge is 0.427 e. The first-order valence-electron chi connectivity index (χ1n) is 3.14. The number of hydrogen-bond acceptors (Lipinski definition) is 4. The fraction of sp³-hybridized carbons (Fsp3) is 0.167. The van der Waals surface area contributed by atoms with Crippen LogP contribution in [0.4, 0.5) is 5.69 Å². The molecular formula is C6H7N3O3. The standard InChI is InChI=1S/C6H7N3O3/c1-4-2-5(9(11)12)3-6(7)8(4)10/h2-3,7,10H,1H3. The van der Waals surface area contributed by atoms with Crippen LogP contribution in [-0.4, -0.2) is 14.9 Å². The molecule has 0 aliphatic carbocycles. The molecule has 0 amide bonds. The second-order valence-electron chi connectivity index (χ2n) is 2.31. The first kappa shape index (κ1) is 8.25. The van der Waals surface area contributed by atoms with Gasteiger partial charge in [-0.1, -0.05) is 0 Å². The van der Waals surface area contributed by atoms with E-state index in [9.17, 15) is 10.1 Å². The van der Waals surface area contributed by atoms with Gasteiger partial charge in [-0.05, 0) is 6.92 Å². The van der Waals surface area contributed by atoms with E-state index in [2.05, 4.69) is 0 Å². The third-order valence-electron chi connectivity index (χ3n) is 1.41. The molecule has 0 radical (unpaired) electrons. The lowest BCUT2D eigenvalue weighted by Crippen LogP contribution is -2.19. The Labute approximate surface area is 67.3 Å². The Morgan fingerprint density at radius 3 is 2.67 bits per heavy atom. The predicted molar refractivity (Wildman–Crippen MR) is 38.9 cm³/mol. The Bertz CT molecular complexity index is 382. The van der Waals surface area contributed by atoms with Crippen LogP contribution < -0.4 is 5.49 Å². The van der Waals surface area contributed by atoms with Gasteiger partial charge in [-0.2, -0.15) is 4.73 Å². The number of pyridine rings is 1. The summed E-state index contributed by atoms with van der Waals surface area (Å²) in [5, 5.41) is 26.4. The molecule has 12 heavy (non-hydrogen) atoms. The van der Waals surface area contributed by atoms with Crippen molar-refractivity contribution in [2.24, 2.45) is 0 Å². The van der Waals surface area contributed by atoms with Crippen LogP contribution in [0, 0.1) is 22.4 Å². The highest BCUT2D eigenvalue weighted by molar-refractivity contribution is 5.28. The first-order chi connectivity index (χ1) is 5.52. The van der Waals surface area contributed by atoms with E-state index in [0.717, 1.165) is 6.07 Å². The maximum absolute atomic E-state index is 10.2. The Balaban J connectivity index is 3.41. The molecule has 1 heterocycles. The van der Waals surface area contributed by atoms with E-state index in [4.69, 9.17) is 10.6 Å². The molecule has 0 bridgehead atoms. The molecule has 0 fully saturated rings. The van der Waals surface area contributed by atoms with Gasteiger partial charge in [-0.25, -0.2) is 0 Å². The molecule has 1 aromatic rings. The Kier molecular flexibility index (Phi) is 1.82. The highest BCUT2D eigenvalue weighted by Crippen LogP contribution is 2.07. The fourth-order valence-corrected chi connectivity index (χ4v) is 0.813. The molecule has 0 saturated heterocycles. The molecule has 0 saturated carbocycles. The van der Waals surface area contributed by atoms with Crippen molar-refractivity contribution in [1.29, 1.82) is 5.41 Å². The second-order valence-corrected chi connectivity index (χ2v) is 2.31. The summed E-state index contributed by atoms with van der Waals surface area (Å²) < 4.78 is 0.576. The van der Waals surface area contributed by atoms with Crippen LogP contribution in [0.25, 0.3) is 0 Å². The maximum Gasteiger partial charge on any atom is 0.275 e. The Morgan fingerprint density at radius 1 is 1.67 bits per heavy atom. The minimum atomic E-state index is -0.606. The van der Waals surface area contributed by atoms with E-state index < -0.39 is 4.92 Å². The fourth-order valence-electron chi connectivity index (χ4n) is 0.813. The van der Waals surface area contributed by atoms with Gasteiger partial charge in [0.25, 0.3) is 5.69 Å². The zero-order valence-electron chi connectivity index (χ0n) is 6.31. The van der Waals surface area contributed by atoms with E-state index >= 15 is 0 Å². The van der Waals surface area contributed by atoms with Crippen molar-refractivity contribution in [3.63, 3.8) is 0 Å². The molecule has 0 spiro atoms. The van der Waals surface area contributed by atoms with Crippen LogP contribution in [0.1, 0.15) is 5.69 Å².